The third kappa shape index (κ3) is 3.91. The van der Waals surface area contributed by atoms with Crippen LogP contribution in [-0.4, -0.2) is 22.9 Å². The van der Waals surface area contributed by atoms with Crippen molar-refractivity contribution >= 4 is 0 Å². The van der Waals surface area contributed by atoms with Crippen LogP contribution in [0, 0.1) is 13.8 Å². The van der Waals surface area contributed by atoms with Gasteiger partial charge in [0.15, 0.2) is 0 Å². The van der Waals surface area contributed by atoms with E-state index >= 15 is 0 Å². The van der Waals surface area contributed by atoms with E-state index in [1.165, 1.54) is 0 Å². The highest BCUT2D eigenvalue weighted by molar-refractivity contribution is 5.20. The van der Waals surface area contributed by atoms with Gasteiger partial charge in [-0.15, -0.1) is 0 Å². The summed E-state index contributed by atoms with van der Waals surface area (Å²) in [6.45, 7) is 5.05. The maximum Gasteiger partial charge on any atom is 0.138 e. The van der Waals surface area contributed by atoms with Crippen LogP contribution in [0.25, 0.3) is 0 Å². The van der Waals surface area contributed by atoms with Gasteiger partial charge in [0, 0.05) is 18.7 Å². The Morgan fingerprint density at radius 1 is 1.26 bits per heavy atom. The number of hydrogen-bond acceptors (Lipinski definition) is 4. The van der Waals surface area contributed by atoms with Crippen molar-refractivity contribution in [1.29, 1.82) is 0 Å². The molecule has 0 bridgehead atoms. The maximum atomic E-state index is 9.97. The lowest BCUT2D eigenvalue weighted by Crippen LogP contribution is -2.28. The molecule has 0 saturated carbocycles. The minimum Gasteiger partial charge on any atom is -0.391 e. The fourth-order valence-electron chi connectivity index (χ4n) is 2.08. The van der Waals surface area contributed by atoms with Gasteiger partial charge >= 0.3 is 0 Å². The van der Waals surface area contributed by atoms with Crippen molar-refractivity contribution in [2.24, 2.45) is 0 Å². The highest BCUT2D eigenvalue weighted by atomic mass is 16.5. The lowest BCUT2D eigenvalue weighted by atomic mass is 10.1. The summed E-state index contributed by atoms with van der Waals surface area (Å²) in [5.41, 5.74) is 3.13. The molecule has 0 radical (unpaired) electrons. The van der Waals surface area contributed by atoms with Crippen molar-refractivity contribution in [3.8, 4) is 0 Å². The Labute approximate surface area is 113 Å². The Bertz CT molecular complexity index is 489. The first-order valence-electron chi connectivity index (χ1n) is 6.51. The molecular weight excluding hydrogens is 240 g/mol. The first-order valence-corrected chi connectivity index (χ1v) is 6.51. The first kappa shape index (κ1) is 13.8. The second-order valence-corrected chi connectivity index (χ2v) is 4.78. The van der Waals surface area contributed by atoms with Crippen molar-refractivity contribution in [1.82, 2.24) is 10.5 Å². The predicted molar refractivity (Wildman–Crippen MR) is 73.8 cm³/mol. The van der Waals surface area contributed by atoms with Gasteiger partial charge in [0.25, 0.3) is 0 Å². The third-order valence-electron chi connectivity index (χ3n) is 3.18. The Balaban J connectivity index is 1.77. The van der Waals surface area contributed by atoms with Crippen molar-refractivity contribution in [3.63, 3.8) is 0 Å². The molecule has 1 aromatic heterocycles. The van der Waals surface area contributed by atoms with E-state index in [1.54, 1.807) is 0 Å². The van der Waals surface area contributed by atoms with Crippen LogP contribution >= 0.6 is 0 Å². The number of nitrogens with zero attached hydrogens (tertiary/aromatic N) is 1. The van der Waals surface area contributed by atoms with Crippen molar-refractivity contribution in [2.75, 3.05) is 6.54 Å². The number of aryl methyl sites for hydroxylation is 2. The molecule has 0 aliphatic rings. The normalized spacial score (nSPS) is 12.6. The fourth-order valence-corrected chi connectivity index (χ4v) is 2.08. The number of aliphatic hydroxyl groups is 1. The summed E-state index contributed by atoms with van der Waals surface area (Å²) in [6.07, 6.45) is 0.276. The number of rotatable bonds is 6. The smallest absolute Gasteiger partial charge is 0.138 e. The molecule has 2 rings (SSSR count). The Morgan fingerprint density at radius 3 is 2.63 bits per heavy atom. The monoisotopic (exact) mass is 260 g/mol. The summed E-state index contributed by atoms with van der Waals surface area (Å²) in [7, 11) is 0. The van der Waals surface area contributed by atoms with E-state index < -0.39 is 0 Å². The predicted octanol–water partition coefficient (Wildman–Crippen LogP) is 1.98. The molecule has 1 heterocycles. The van der Waals surface area contributed by atoms with E-state index in [4.69, 9.17) is 4.52 Å². The summed E-state index contributed by atoms with van der Waals surface area (Å²) in [4.78, 5) is 0. The molecule has 0 aliphatic heterocycles. The van der Waals surface area contributed by atoms with Gasteiger partial charge in [-0.25, -0.2) is 0 Å². The van der Waals surface area contributed by atoms with Crippen LogP contribution in [0.1, 0.15) is 22.6 Å². The molecule has 2 aromatic rings. The van der Waals surface area contributed by atoms with Crippen molar-refractivity contribution < 1.29 is 9.63 Å². The van der Waals surface area contributed by atoms with Crippen LogP contribution in [-0.2, 0) is 13.0 Å². The Kier molecular flexibility index (Phi) is 4.71. The number of benzene rings is 1. The zero-order valence-electron chi connectivity index (χ0n) is 11.4. The molecule has 4 nitrogen and oxygen atoms in total. The summed E-state index contributed by atoms with van der Waals surface area (Å²) in [5.74, 6) is 0.836. The molecule has 0 spiro atoms. The molecule has 1 aromatic carbocycles. The Morgan fingerprint density at radius 2 is 2.00 bits per heavy atom. The highest BCUT2D eigenvalue weighted by Gasteiger charge is 2.10. The first-order chi connectivity index (χ1) is 9.16. The molecule has 19 heavy (non-hydrogen) atoms. The van der Waals surface area contributed by atoms with Gasteiger partial charge in [0.05, 0.1) is 11.8 Å². The minimum atomic E-state index is -0.386. The lowest BCUT2D eigenvalue weighted by Gasteiger charge is -2.11. The van der Waals surface area contributed by atoms with Gasteiger partial charge in [-0.3, -0.25) is 0 Å². The maximum absolute atomic E-state index is 9.97. The van der Waals surface area contributed by atoms with Crippen LogP contribution in [0.15, 0.2) is 34.9 Å². The van der Waals surface area contributed by atoms with E-state index in [-0.39, 0.29) is 6.10 Å². The van der Waals surface area contributed by atoms with Crippen LogP contribution < -0.4 is 5.32 Å². The molecule has 0 fully saturated rings. The molecule has 1 unspecified atom stereocenters. The van der Waals surface area contributed by atoms with E-state index in [1.807, 2.05) is 44.2 Å². The summed E-state index contributed by atoms with van der Waals surface area (Å²) in [6, 6.07) is 10.00. The number of nitrogens with one attached hydrogen (secondary N) is 1. The van der Waals surface area contributed by atoms with Crippen LogP contribution in [0.4, 0.5) is 0 Å². The summed E-state index contributed by atoms with van der Waals surface area (Å²) in [5, 5.41) is 17.1. The van der Waals surface area contributed by atoms with Crippen LogP contribution in [0.3, 0.4) is 0 Å². The van der Waals surface area contributed by atoms with Crippen LogP contribution in [0.5, 0.6) is 0 Å². The topological polar surface area (TPSA) is 58.3 Å². The van der Waals surface area contributed by atoms with Crippen molar-refractivity contribution in [2.45, 2.75) is 32.9 Å². The molecule has 0 amide bonds. The van der Waals surface area contributed by atoms with E-state index in [2.05, 4.69) is 10.5 Å². The van der Waals surface area contributed by atoms with Crippen LogP contribution in [0.2, 0.25) is 0 Å². The highest BCUT2D eigenvalue weighted by Crippen LogP contribution is 2.11. The quantitative estimate of drug-likeness (QED) is 0.834. The molecule has 4 heteroatoms. The largest absolute Gasteiger partial charge is 0.391 e. The fraction of sp³-hybridized carbons (Fsp3) is 0.400. The molecule has 102 valence electrons. The minimum absolute atomic E-state index is 0.386. The molecule has 2 N–H and O–H groups in total. The van der Waals surface area contributed by atoms with E-state index in [9.17, 15) is 5.11 Å². The molecule has 0 aliphatic carbocycles. The standard InChI is InChI=1S/C15H20N2O2/c1-11-15(12(2)19-17-11)10-16-9-14(18)8-13-6-4-3-5-7-13/h3-7,14,16,18H,8-10H2,1-2H3. The summed E-state index contributed by atoms with van der Waals surface area (Å²) >= 11 is 0. The van der Waals surface area contributed by atoms with Crippen molar-refractivity contribution in [3.05, 3.63) is 52.9 Å². The second-order valence-electron chi connectivity index (χ2n) is 4.78. The number of aliphatic hydroxyl groups excluding tert-OH is 1. The number of aromatic nitrogens is 1. The van der Waals surface area contributed by atoms with E-state index in [0.29, 0.717) is 19.5 Å². The van der Waals surface area contributed by atoms with Gasteiger partial charge in [0.2, 0.25) is 0 Å². The van der Waals surface area contributed by atoms with E-state index in [0.717, 1.165) is 22.6 Å². The molecule has 1 atom stereocenters. The Hall–Kier alpha value is -1.65. The van der Waals surface area contributed by atoms with Gasteiger partial charge in [0.1, 0.15) is 5.76 Å². The lowest BCUT2D eigenvalue weighted by molar-refractivity contribution is 0.171. The van der Waals surface area contributed by atoms with Gasteiger partial charge in [-0.2, -0.15) is 0 Å². The second kappa shape index (κ2) is 6.50. The average molecular weight is 260 g/mol. The van der Waals surface area contributed by atoms with Gasteiger partial charge in [-0.1, -0.05) is 35.5 Å². The third-order valence-corrected chi connectivity index (χ3v) is 3.18. The number of hydrogen-bond donors (Lipinski definition) is 2. The molecular formula is C15H20N2O2. The van der Waals surface area contributed by atoms with Gasteiger partial charge in [-0.05, 0) is 25.8 Å². The van der Waals surface area contributed by atoms with Gasteiger partial charge < -0.3 is 14.9 Å². The SMILES string of the molecule is Cc1noc(C)c1CNCC(O)Cc1ccccc1. The zero-order chi connectivity index (χ0) is 13.7. The summed E-state index contributed by atoms with van der Waals surface area (Å²) < 4.78 is 5.10. The zero-order valence-corrected chi connectivity index (χ0v) is 11.4. The average Bonchev–Trinajstić information content (AvgIpc) is 2.71. The molecule has 0 saturated heterocycles.